The monoisotopic (exact) mass is 216 g/mol. The molecule has 3 N–H and O–H groups in total. The minimum absolute atomic E-state index is 0.561. The summed E-state index contributed by atoms with van der Waals surface area (Å²) in [6.45, 7) is 1.77. The molecule has 4 heteroatoms. The number of para-hydroxylation sites is 1. The number of nitrogens with zero attached hydrogens (tertiary/aromatic N) is 1. The number of carbonyl (C=O) groups is 1. The van der Waals surface area contributed by atoms with Crippen LogP contribution in [0, 0.1) is 6.92 Å². The van der Waals surface area contributed by atoms with Gasteiger partial charge in [0.2, 0.25) is 0 Å². The van der Waals surface area contributed by atoms with Crippen molar-refractivity contribution >= 4 is 16.9 Å². The molecule has 82 valence electrons. The smallest absolute Gasteiger partial charge is 0.325 e. The third kappa shape index (κ3) is 1.75. The van der Waals surface area contributed by atoms with Crippen molar-refractivity contribution in [2.45, 2.75) is 13.0 Å². The molecule has 0 saturated heterocycles. The predicted octanol–water partition coefficient (Wildman–Crippen LogP) is 1.63. The molecular formula is C12H12N2O2. The van der Waals surface area contributed by atoms with Crippen molar-refractivity contribution in [3.05, 3.63) is 41.6 Å². The average Bonchev–Trinajstić information content (AvgIpc) is 2.27. The van der Waals surface area contributed by atoms with Crippen LogP contribution in [0.25, 0.3) is 10.9 Å². The topological polar surface area (TPSA) is 76.2 Å². The van der Waals surface area contributed by atoms with Crippen LogP contribution in [0.15, 0.2) is 30.3 Å². The number of hydrogen-bond acceptors (Lipinski definition) is 3. The lowest BCUT2D eigenvalue weighted by Crippen LogP contribution is -2.22. The maximum absolute atomic E-state index is 10.8. The molecule has 0 radical (unpaired) electrons. The molecular weight excluding hydrogens is 204 g/mol. The Kier molecular flexibility index (Phi) is 2.58. The van der Waals surface area contributed by atoms with Gasteiger partial charge in [0.15, 0.2) is 0 Å². The van der Waals surface area contributed by atoms with Crippen molar-refractivity contribution in [1.82, 2.24) is 4.98 Å². The highest BCUT2D eigenvalue weighted by Gasteiger charge is 2.17. The quantitative estimate of drug-likeness (QED) is 0.799. The van der Waals surface area contributed by atoms with Crippen LogP contribution in [0.4, 0.5) is 0 Å². The largest absolute Gasteiger partial charge is 0.480 e. The Morgan fingerprint density at radius 1 is 1.44 bits per heavy atom. The number of benzene rings is 1. The number of rotatable bonds is 2. The lowest BCUT2D eigenvalue weighted by Gasteiger charge is -2.10. The lowest BCUT2D eigenvalue weighted by molar-refractivity contribution is -0.138. The van der Waals surface area contributed by atoms with Gasteiger partial charge in [0.1, 0.15) is 6.04 Å². The Balaban J connectivity index is 2.62. The Hall–Kier alpha value is -1.94. The maximum Gasteiger partial charge on any atom is 0.325 e. The van der Waals surface area contributed by atoms with Crippen LogP contribution in [0.3, 0.4) is 0 Å². The summed E-state index contributed by atoms with van der Waals surface area (Å²) in [5.41, 5.74) is 7.66. The maximum atomic E-state index is 10.8. The molecule has 16 heavy (non-hydrogen) atoms. The van der Waals surface area contributed by atoms with Gasteiger partial charge in [-0.25, -0.2) is 0 Å². The summed E-state index contributed by atoms with van der Waals surface area (Å²) in [5, 5.41) is 9.78. The molecule has 4 nitrogen and oxygen atoms in total. The van der Waals surface area contributed by atoms with E-state index in [2.05, 4.69) is 4.98 Å². The zero-order valence-electron chi connectivity index (χ0n) is 8.84. The highest BCUT2D eigenvalue weighted by molar-refractivity contribution is 5.82. The van der Waals surface area contributed by atoms with E-state index in [4.69, 9.17) is 10.8 Å². The van der Waals surface area contributed by atoms with E-state index < -0.39 is 12.0 Å². The van der Waals surface area contributed by atoms with Crippen LogP contribution in [0.1, 0.15) is 17.3 Å². The van der Waals surface area contributed by atoms with Crippen LogP contribution >= 0.6 is 0 Å². The van der Waals surface area contributed by atoms with Crippen molar-refractivity contribution in [1.29, 1.82) is 0 Å². The van der Waals surface area contributed by atoms with Gasteiger partial charge in [0.05, 0.1) is 5.52 Å². The van der Waals surface area contributed by atoms with E-state index in [-0.39, 0.29) is 0 Å². The molecule has 0 aliphatic heterocycles. The molecule has 2 aromatic rings. The van der Waals surface area contributed by atoms with Gasteiger partial charge in [-0.15, -0.1) is 0 Å². The summed E-state index contributed by atoms with van der Waals surface area (Å²) in [5.74, 6) is -1.04. The van der Waals surface area contributed by atoms with Crippen LogP contribution in [0.5, 0.6) is 0 Å². The van der Waals surface area contributed by atoms with Crippen LogP contribution in [-0.2, 0) is 4.79 Å². The van der Waals surface area contributed by atoms with E-state index in [0.717, 1.165) is 10.9 Å². The van der Waals surface area contributed by atoms with Gasteiger partial charge in [-0.2, -0.15) is 0 Å². The standard InChI is InChI=1S/C12H12N2O2/c1-7-9(11(13)12(15)16)6-8-4-2-3-5-10(8)14-7/h2-6,11H,13H2,1H3,(H,15,16). The van der Waals surface area contributed by atoms with E-state index in [0.29, 0.717) is 11.3 Å². The zero-order chi connectivity index (χ0) is 11.7. The summed E-state index contributed by atoms with van der Waals surface area (Å²) in [6, 6.07) is 8.33. The molecule has 0 bridgehead atoms. The highest BCUT2D eigenvalue weighted by atomic mass is 16.4. The van der Waals surface area contributed by atoms with E-state index in [1.54, 1.807) is 13.0 Å². The van der Waals surface area contributed by atoms with Gasteiger partial charge >= 0.3 is 5.97 Å². The number of hydrogen-bond donors (Lipinski definition) is 2. The van der Waals surface area contributed by atoms with Crippen molar-refractivity contribution in [2.75, 3.05) is 0 Å². The number of aromatic nitrogens is 1. The fraction of sp³-hybridized carbons (Fsp3) is 0.167. The first kappa shape index (κ1) is 10.6. The molecule has 2 rings (SSSR count). The van der Waals surface area contributed by atoms with E-state index in [1.807, 2.05) is 24.3 Å². The van der Waals surface area contributed by atoms with Gasteiger partial charge in [-0.3, -0.25) is 9.78 Å². The van der Waals surface area contributed by atoms with Crippen LogP contribution < -0.4 is 5.73 Å². The summed E-state index contributed by atoms with van der Waals surface area (Å²) in [4.78, 5) is 15.2. The second-order valence-corrected chi connectivity index (χ2v) is 3.67. The molecule has 1 unspecified atom stereocenters. The van der Waals surface area contributed by atoms with Gasteiger partial charge < -0.3 is 10.8 Å². The fourth-order valence-electron chi connectivity index (χ4n) is 1.68. The number of pyridine rings is 1. The Labute approximate surface area is 92.7 Å². The van der Waals surface area contributed by atoms with Gasteiger partial charge in [-0.1, -0.05) is 18.2 Å². The summed E-state index contributed by atoms with van der Waals surface area (Å²) in [7, 11) is 0. The van der Waals surface area contributed by atoms with Crippen LogP contribution in [0.2, 0.25) is 0 Å². The summed E-state index contributed by atoms with van der Waals surface area (Å²) < 4.78 is 0. The lowest BCUT2D eigenvalue weighted by atomic mass is 10.0. The number of nitrogens with two attached hydrogens (primary N) is 1. The molecule has 0 aliphatic carbocycles. The second kappa shape index (κ2) is 3.90. The molecule has 1 aromatic heterocycles. The molecule has 0 spiro atoms. The van der Waals surface area contributed by atoms with Gasteiger partial charge in [0.25, 0.3) is 0 Å². The Morgan fingerprint density at radius 2 is 2.12 bits per heavy atom. The first-order valence-electron chi connectivity index (χ1n) is 4.94. The first-order valence-corrected chi connectivity index (χ1v) is 4.94. The molecule has 0 fully saturated rings. The van der Waals surface area contributed by atoms with E-state index in [9.17, 15) is 4.79 Å². The van der Waals surface area contributed by atoms with Crippen LogP contribution in [-0.4, -0.2) is 16.1 Å². The molecule has 0 aliphatic rings. The molecule has 0 amide bonds. The molecule has 1 aromatic carbocycles. The number of carboxylic acids is 1. The molecule has 1 atom stereocenters. The fourth-order valence-corrected chi connectivity index (χ4v) is 1.68. The van der Waals surface area contributed by atoms with Crippen molar-refractivity contribution in [3.63, 3.8) is 0 Å². The highest BCUT2D eigenvalue weighted by Crippen LogP contribution is 2.20. The summed E-state index contributed by atoms with van der Waals surface area (Å²) >= 11 is 0. The second-order valence-electron chi connectivity index (χ2n) is 3.67. The number of carboxylic acid groups (broad SMARTS) is 1. The zero-order valence-corrected chi connectivity index (χ0v) is 8.84. The SMILES string of the molecule is Cc1nc2ccccc2cc1C(N)C(=O)O. The number of fused-ring (bicyclic) bond motifs is 1. The Morgan fingerprint density at radius 3 is 2.81 bits per heavy atom. The van der Waals surface area contributed by atoms with Crippen molar-refractivity contribution in [2.24, 2.45) is 5.73 Å². The number of aryl methyl sites for hydroxylation is 1. The van der Waals surface area contributed by atoms with Crippen molar-refractivity contribution in [3.8, 4) is 0 Å². The van der Waals surface area contributed by atoms with E-state index >= 15 is 0 Å². The van der Waals surface area contributed by atoms with E-state index in [1.165, 1.54) is 0 Å². The normalized spacial score (nSPS) is 12.6. The van der Waals surface area contributed by atoms with Gasteiger partial charge in [0, 0.05) is 16.6 Å². The van der Waals surface area contributed by atoms with Crippen molar-refractivity contribution < 1.29 is 9.90 Å². The number of aliphatic carboxylic acids is 1. The minimum Gasteiger partial charge on any atom is -0.480 e. The first-order chi connectivity index (χ1) is 7.59. The average molecular weight is 216 g/mol. The minimum atomic E-state index is -1.04. The summed E-state index contributed by atoms with van der Waals surface area (Å²) in [6.07, 6.45) is 0. The predicted molar refractivity (Wildman–Crippen MR) is 61.0 cm³/mol. The Bertz CT molecular complexity index is 552. The third-order valence-corrected chi connectivity index (χ3v) is 2.55. The molecule has 1 heterocycles. The molecule has 0 saturated carbocycles. The van der Waals surface area contributed by atoms with Gasteiger partial charge in [-0.05, 0) is 19.1 Å². The third-order valence-electron chi connectivity index (χ3n) is 2.55.